The number of halogens is 2. The van der Waals surface area contributed by atoms with E-state index in [2.05, 4.69) is 31.2 Å². The smallest absolute Gasteiger partial charge is 0.0468 e. The fraction of sp³-hybridized carbons (Fsp3) is 0.250. The van der Waals surface area contributed by atoms with Crippen LogP contribution in [0.25, 0.3) is 0 Å². The Labute approximate surface area is 124 Å². The molecule has 2 aromatic carbocycles. The van der Waals surface area contributed by atoms with Gasteiger partial charge >= 0.3 is 0 Å². The molecule has 0 aliphatic heterocycles. The molecule has 0 amide bonds. The van der Waals surface area contributed by atoms with Crippen molar-refractivity contribution in [3.05, 3.63) is 69.2 Å². The van der Waals surface area contributed by atoms with Crippen LogP contribution in [0.2, 0.25) is 10.0 Å². The number of nitrogens with two attached hydrogens (primary N) is 1. The molecular weight excluding hydrogens is 277 g/mol. The first-order chi connectivity index (χ1) is 9.11. The van der Waals surface area contributed by atoms with Crippen molar-refractivity contribution in [3.8, 4) is 0 Å². The summed E-state index contributed by atoms with van der Waals surface area (Å²) in [5.41, 5.74) is 9.58. The predicted octanol–water partition coefficient (Wildman–Crippen LogP) is 4.80. The van der Waals surface area contributed by atoms with Crippen LogP contribution in [0.5, 0.6) is 0 Å². The van der Waals surface area contributed by atoms with E-state index in [0.717, 1.165) is 18.4 Å². The molecular formula is C16H17Cl2N. The van der Waals surface area contributed by atoms with Gasteiger partial charge in [0.05, 0.1) is 0 Å². The molecule has 100 valence electrons. The fourth-order valence-electron chi connectivity index (χ4n) is 2.13. The Balaban J connectivity index is 2.18. The van der Waals surface area contributed by atoms with E-state index in [4.69, 9.17) is 28.9 Å². The SMILES string of the molecule is CCc1ccc(CC(N)c2c(Cl)cccc2Cl)cc1. The second kappa shape index (κ2) is 6.42. The lowest BCUT2D eigenvalue weighted by Crippen LogP contribution is -2.14. The molecule has 0 heterocycles. The van der Waals surface area contributed by atoms with Crippen LogP contribution in [-0.2, 0) is 12.8 Å². The van der Waals surface area contributed by atoms with Crippen molar-refractivity contribution in [3.63, 3.8) is 0 Å². The maximum Gasteiger partial charge on any atom is 0.0468 e. The molecule has 19 heavy (non-hydrogen) atoms. The summed E-state index contributed by atoms with van der Waals surface area (Å²) in [6.45, 7) is 2.14. The maximum atomic E-state index is 6.23. The van der Waals surface area contributed by atoms with Crippen molar-refractivity contribution in [2.24, 2.45) is 5.73 Å². The Bertz CT molecular complexity index is 529. The Morgan fingerprint density at radius 3 is 2.00 bits per heavy atom. The van der Waals surface area contributed by atoms with Gasteiger partial charge in [-0.2, -0.15) is 0 Å². The summed E-state index contributed by atoms with van der Waals surface area (Å²) in [6, 6.07) is 13.8. The minimum Gasteiger partial charge on any atom is -0.324 e. The average Bonchev–Trinajstić information content (AvgIpc) is 2.39. The molecule has 0 fully saturated rings. The lowest BCUT2D eigenvalue weighted by Gasteiger charge is -2.15. The molecule has 0 saturated carbocycles. The van der Waals surface area contributed by atoms with Gasteiger partial charge in [-0.1, -0.05) is 60.5 Å². The number of aryl methyl sites for hydroxylation is 1. The summed E-state index contributed by atoms with van der Waals surface area (Å²) >= 11 is 12.3. The lowest BCUT2D eigenvalue weighted by atomic mass is 9.98. The van der Waals surface area contributed by atoms with Crippen LogP contribution in [-0.4, -0.2) is 0 Å². The third-order valence-corrected chi connectivity index (χ3v) is 3.92. The van der Waals surface area contributed by atoms with Gasteiger partial charge in [0.2, 0.25) is 0 Å². The van der Waals surface area contributed by atoms with Gasteiger partial charge in [-0.15, -0.1) is 0 Å². The van der Waals surface area contributed by atoms with Gasteiger partial charge in [-0.25, -0.2) is 0 Å². The minimum atomic E-state index is -0.186. The summed E-state index contributed by atoms with van der Waals surface area (Å²) in [5, 5.41) is 1.26. The maximum absolute atomic E-state index is 6.23. The molecule has 0 bridgehead atoms. The normalized spacial score (nSPS) is 12.4. The second-order valence-electron chi connectivity index (χ2n) is 4.62. The van der Waals surface area contributed by atoms with E-state index in [1.54, 1.807) is 0 Å². The van der Waals surface area contributed by atoms with Gasteiger partial charge in [-0.05, 0) is 36.1 Å². The monoisotopic (exact) mass is 293 g/mol. The zero-order chi connectivity index (χ0) is 13.8. The molecule has 0 saturated heterocycles. The van der Waals surface area contributed by atoms with Crippen molar-refractivity contribution >= 4 is 23.2 Å². The molecule has 3 heteroatoms. The molecule has 0 radical (unpaired) electrons. The van der Waals surface area contributed by atoms with E-state index in [9.17, 15) is 0 Å². The van der Waals surface area contributed by atoms with Gasteiger partial charge in [0.25, 0.3) is 0 Å². The highest BCUT2D eigenvalue weighted by Gasteiger charge is 2.14. The van der Waals surface area contributed by atoms with Crippen LogP contribution < -0.4 is 5.73 Å². The standard InChI is InChI=1S/C16H17Cl2N/c1-2-11-6-8-12(9-7-11)10-15(19)16-13(17)4-3-5-14(16)18/h3-9,15H,2,10,19H2,1H3. The zero-order valence-corrected chi connectivity index (χ0v) is 12.4. The van der Waals surface area contributed by atoms with Gasteiger partial charge in [-0.3, -0.25) is 0 Å². The van der Waals surface area contributed by atoms with Crippen molar-refractivity contribution < 1.29 is 0 Å². The molecule has 2 rings (SSSR count). The van der Waals surface area contributed by atoms with Crippen LogP contribution in [0.3, 0.4) is 0 Å². The lowest BCUT2D eigenvalue weighted by molar-refractivity contribution is 0.722. The van der Waals surface area contributed by atoms with Crippen molar-refractivity contribution in [1.82, 2.24) is 0 Å². The van der Waals surface area contributed by atoms with Crippen molar-refractivity contribution in [1.29, 1.82) is 0 Å². The summed E-state index contributed by atoms with van der Waals surface area (Å²) in [7, 11) is 0. The third-order valence-electron chi connectivity index (χ3n) is 3.26. The number of benzene rings is 2. The Morgan fingerprint density at radius 1 is 0.947 bits per heavy atom. The van der Waals surface area contributed by atoms with Crippen LogP contribution in [0.15, 0.2) is 42.5 Å². The van der Waals surface area contributed by atoms with E-state index >= 15 is 0 Å². The second-order valence-corrected chi connectivity index (χ2v) is 5.43. The molecule has 0 aliphatic carbocycles. The van der Waals surface area contributed by atoms with E-state index in [1.165, 1.54) is 11.1 Å². The van der Waals surface area contributed by atoms with Gasteiger partial charge in [0, 0.05) is 21.7 Å². The highest BCUT2D eigenvalue weighted by atomic mass is 35.5. The van der Waals surface area contributed by atoms with Crippen molar-refractivity contribution in [2.75, 3.05) is 0 Å². The summed E-state index contributed by atoms with van der Waals surface area (Å²) < 4.78 is 0. The van der Waals surface area contributed by atoms with E-state index in [-0.39, 0.29) is 6.04 Å². The van der Waals surface area contributed by atoms with E-state index in [0.29, 0.717) is 10.0 Å². The first-order valence-electron chi connectivity index (χ1n) is 6.39. The summed E-state index contributed by atoms with van der Waals surface area (Å²) in [6.07, 6.45) is 1.77. The molecule has 1 nitrogen and oxygen atoms in total. The molecule has 0 aliphatic rings. The van der Waals surface area contributed by atoms with E-state index < -0.39 is 0 Å². The summed E-state index contributed by atoms with van der Waals surface area (Å²) in [4.78, 5) is 0. The zero-order valence-electron chi connectivity index (χ0n) is 10.9. The van der Waals surface area contributed by atoms with Gasteiger partial charge < -0.3 is 5.73 Å². The average molecular weight is 294 g/mol. The molecule has 2 N–H and O–H groups in total. The Kier molecular flexibility index (Phi) is 4.87. The number of hydrogen-bond donors (Lipinski definition) is 1. The van der Waals surface area contributed by atoms with Crippen LogP contribution in [0.1, 0.15) is 29.7 Å². The minimum absolute atomic E-state index is 0.186. The first-order valence-corrected chi connectivity index (χ1v) is 7.14. The van der Waals surface area contributed by atoms with Gasteiger partial charge in [0.1, 0.15) is 0 Å². The molecule has 1 atom stereocenters. The van der Waals surface area contributed by atoms with Gasteiger partial charge in [0.15, 0.2) is 0 Å². The third kappa shape index (κ3) is 3.50. The highest BCUT2D eigenvalue weighted by Crippen LogP contribution is 2.30. The van der Waals surface area contributed by atoms with Crippen molar-refractivity contribution in [2.45, 2.75) is 25.8 Å². The topological polar surface area (TPSA) is 26.0 Å². The van der Waals surface area contributed by atoms with Crippen LogP contribution in [0.4, 0.5) is 0 Å². The summed E-state index contributed by atoms with van der Waals surface area (Å²) in [5.74, 6) is 0. The number of rotatable bonds is 4. The molecule has 1 unspecified atom stereocenters. The Hall–Kier alpha value is -1.02. The Morgan fingerprint density at radius 2 is 1.47 bits per heavy atom. The molecule has 0 spiro atoms. The van der Waals surface area contributed by atoms with Crippen LogP contribution in [0, 0.1) is 0 Å². The predicted molar refractivity (Wildman–Crippen MR) is 82.9 cm³/mol. The number of hydrogen-bond acceptors (Lipinski definition) is 1. The van der Waals surface area contributed by atoms with E-state index in [1.807, 2.05) is 18.2 Å². The van der Waals surface area contributed by atoms with Crippen LogP contribution >= 0.6 is 23.2 Å². The quantitative estimate of drug-likeness (QED) is 0.861. The molecule has 2 aromatic rings. The fourth-order valence-corrected chi connectivity index (χ4v) is 2.81. The first kappa shape index (κ1) is 14.4. The highest BCUT2D eigenvalue weighted by molar-refractivity contribution is 6.36. The molecule has 0 aromatic heterocycles. The largest absolute Gasteiger partial charge is 0.324 e.